The van der Waals surface area contributed by atoms with Crippen LogP contribution in [0.3, 0.4) is 0 Å². The van der Waals surface area contributed by atoms with Crippen molar-refractivity contribution in [2.75, 3.05) is 7.11 Å². The standard InChI is InChI=1S/C35H57Cl2IN2O6Si3/c1-33(2,3)47(11,12)44-26-20-22(19-25(38)30(26)46-49(15,16)35(7,8)9)28(32(42)43-10)40-31(41)27(39)21-17-23(36)29(24(37)18-21)45-48(13,14)34(4,5)6/h17-20,27-28H,39H2,1-16H3,(H,40,41)/t27-,28-/m1/s1. The molecule has 1 amide bonds. The third-order valence-corrected chi connectivity index (χ3v) is 24.6. The Labute approximate surface area is 321 Å². The van der Waals surface area contributed by atoms with Crippen LogP contribution in [-0.2, 0) is 14.3 Å². The second kappa shape index (κ2) is 15.4. The van der Waals surface area contributed by atoms with Crippen LogP contribution in [0.5, 0.6) is 17.2 Å². The van der Waals surface area contributed by atoms with Gasteiger partial charge in [-0.05, 0) is 112 Å². The Morgan fingerprint density at radius 1 is 0.714 bits per heavy atom. The monoisotopic (exact) mass is 882 g/mol. The van der Waals surface area contributed by atoms with Gasteiger partial charge in [0.1, 0.15) is 17.5 Å². The van der Waals surface area contributed by atoms with Crippen molar-refractivity contribution in [2.24, 2.45) is 5.73 Å². The third kappa shape index (κ3) is 10.4. The highest BCUT2D eigenvalue weighted by Crippen LogP contribution is 2.47. The van der Waals surface area contributed by atoms with Gasteiger partial charge < -0.3 is 29.1 Å². The lowest BCUT2D eigenvalue weighted by Crippen LogP contribution is -2.46. The molecule has 2 aromatic carbocycles. The van der Waals surface area contributed by atoms with E-state index in [-0.39, 0.29) is 25.2 Å². The highest BCUT2D eigenvalue weighted by Gasteiger charge is 2.44. The molecule has 8 nitrogen and oxygen atoms in total. The Hall–Kier alpha value is -1.30. The fourth-order valence-electron chi connectivity index (χ4n) is 3.81. The first kappa shape index (κ1) is 43.9. The molecule has 0 bridgehead atoms. The number of rotatable bonds is 11. The minimum atomic E-state index is -2.37. The Morgan fingerprint density at radius 3 is 1.53 bits per heavy atom. The summed E-state index contributed by atoms with van der Waals surface area (Å²) >= 11 is 15.5. The number of nitrogens with two attached hydrogens (primary N) is 1. The van der Waals surface area contributed by atoms with Gasteiger partial charge in [0, 0.05) is 0 Å². The quantitative estimate of drug-likeness (QED) is 0.131. The Bertz CT molecular complexity index is 1530. The molecule has 0 aromatic heterocycles. The normalized spacial score (nSPS) is 14.5. The van der Waals surface area contributed by atoms with E-state index in [1.54, 1.807) is 18.2 Å². The zero-order valence-corrected chi connectivity index (χ0v) is 38.8. The van der Waals surface area contributed by atoms with Crippen molar-refractivity contribution in [3.63, 3.8) is 0 Å². The molecular formula is C35H57Cl2IN2O6Si3. The average molecular weight is 884 g/mol. The van der Waals surface area contributed by atoms with Crippen LogP contribution < -0.4 is 24.3 Å². The topological polar surface area (TPSA) is 109 Å². The fourth-order valence-corrected chi connectivity index (χ4v) is 8.54. The van der Waals surface area contributed by atoms with Crippen molar-refractivity contribution in [2.45, 2.75) is 129 Å². The number of ether oxygens (including phenoxy) is 1. The van der Waals surface area contributed by atoms with E-state index in [1.807, 2.05) is 6.07 Å². The molecule has 0 fully saturated rings. The second-order valence-electron chi connectivity index (χ2n) is 17.2. The predicted octanol–water partition coefficient (Wildman–Crippen LogP) is 10.8. The number of halogens is 3. The molecule has 2 atom stereocenters. The molecule has 49 heavy (non-hydrogen) atoms. The molecular weight excluding hydrogens is 826 g/mol. The summed E-state index contributed by atoms with van der Waals surface area (Å²) in [5.74, 6) is 0.242. The van der Waals surface area contributed by atoms with Gasteiger partial charge in [0.2, 0.25) is 5.91 Å². The highest BCUT2D eigenvalue weighted by atomic mass is 127. The number of hydrogen-bond donors (Lipinski definition) is 2. The molecule has 0 saturated heterocycles. The largest absolute Gasteiger partial charge is 0.542 e. The Morgan fingerprint density at radius 2 is 1.12 bits per heavy atom. The minimum Gasteiger partial charge on any atom is -0.542 e. The van der Waals surface area contributed by atoms with Gasteiger partial charge in [-0.25, -0.2) is 4.79 Å². The zero-order chi connectivity index (χ0) is 38.3. The lowest BCUT2D eigenvalue weighted by molar-refractivity contribution is -0.145. The number of carbonyl (C=O) groups excluding carboxylic acids is 2. The Kier molecular flexibility index (Phi) is 13.7. The van der Waals surface area contributed by atoms with E-state index in [0.29, 0.717) is 28.4 Å². The van der Waals surface area contributed by atoms with Gasteiger partial charge in [0.05, 0.1) is 20.7 Å². The third-order valence-electron chi connectivity index (χ3n) is 10.2. The van der Waals surface area contributed by atoms with Crippen LogP contribution in [0.1, 0.15) is 85.5 Å². The van der Waals surface area contributed by atoms with Crippen molar-refractivity contribution in [3.8, 4) is 17.2 Å². The van der Waals surface area contributed by atoms with E-state index in [4.69, 9.17) is 47.0 Å². The van der Waals surface area contributed by atoms with Crippen molar-refractivity contribution >= 4 is 82.6 Å². The number of esters is 1. The van der Waals surface area contributed by atoms with Crippen molar-refractivity contribution < 1.29 is 27.6 Å². The molecule has 2 aromatic rings. The zero-order valence-electron chi connectivity index (χ0n) is 32.1. The SMILES string of the molecule is COC(=O)[C@H](NC(=O)[C@H](N)c1cc(Cl)c(O[Si](C)(C)C(C)(C)C)c(Cl)c1)c1cc(I)c(O[Si](C)(C)C(C)(C)C)c(O[Si](C)(C)C(C)(C)C)c1. The molecule has 0 radical (unpaired) electrons. The first-order valence-electron chi connectivity index (χ1n) is 16.4. The maximum Gasteiger partial charge on any atom is 0.333 e. The van der Waals surface area contributed by atoms with Gasteiger partial charge in [-0.1, -0.05) is 85.5 Å². The minimum absolute atomic E-state index is 0.0670. The van der Waals surface area contributed by atoms with E-state index in [1.165, 1.54) is 7.11 Å². The number of benzene rings is 2. The maximum absolute atomic E-state index is 13.7. The van der Waals surface area contributed by atoms with Crippen LogP contribution in [-0.4, -0.2) is 43.9 Å². The summed E-state index contributed by atoms with van der Waals surface area (Å²) in [6, 6.07) is 4.36. The maximum atomic E-state index is 13.7. The van der Waals surface area contributed by atoms with Crippen LogP contribution in [0.2, 0.25) is 64.4 Å². The van der Waals surface area contributed by atoms with E-state index in [0.717, 1.165) is 3.57 Å². The summed E-state index contributed by atoms with van der Waals surface area (Å²) in [6.07, 6.45) is 0. The van der Waals surface area contributed by atoms with E-state index >= 15 is 0 Å². The van der Waals surface area contributed by atoms with Gasteiger partial charge in [-0.2, -0.15) is 0 Å². The molecule has 2 rings (SSSR count). The summed E-state index contributed by atoms with van der Waals surface area (Å²) in [6.45, 7) is 32.2. The Balaban J connectivity index is 2.61. The van der Waals surface area contributed by atoms with E-state index < -0.39 is 48.9 Å². The number of carbonyl (C=O) groups is 2. The molecule has 14 heteroatoms. The van der Waals surface area contributed by atoms with Crippen LogP contribution in [0, 0.1) is 3.57 Å². The lowest BCUT2D eigenvalue weighted by Gasteiger charge is -2.40. The summed E-state index contributed by atoms with van der Waals surface area (Å²) < 4.78 is 26.0. The molecule has 0 saturated carbocycles. The van der Waals surface area contributed by atoms with Gasteiger partial charge in [-0.15, -0.1) is 0 Å². The van der Waals surface area contributed by atoms with Crippen LogP contribution in [0.25, 0.3) is 0 Å². The fraction of sp³-hybridized carbons (Fsp3) is 0.600. The molecule has 276 valence electrons. The summed E-state index contributed by atoms with van der Waals surface area (Å²) in [4.78, 5) is 27.0. The van der Waals surface area contributed by atoms with Gasteiger partial charge in [0.15, 0.2) is 11.8 Å². The van der Waals surface area contributed by atoms with Crippen LogP contribution in [0.4, 0.5) is 0 Å². The molecule has 0 aliphatic carbocycles. The molecule has 0 spiro atoms. The number of methoxy groups -OCH3 is 1. The number of amides is 1. The molecule has 3 N–H and O–H groups in total. The van der Waals surface area contributed by atoms with Gasteiger partial charge in [-0.3, -0.25) is 4.79 Å². The first-order valence-corrected chi connectivity index (χ1v) is 27.0. The first-order chi connectivity index (χ1) is 21.9. The van der Waals surface area contributed by atoms with Crippen molar-refractivity contribution in [3.05, 3.63) is 49.0 Å². The smallest absolute Gasteiger partial charge is 0.333 e. The molecule has 0 aliphatic rings. The lowest BCUT2D eigenvalue weighted by atomic mass is 10.0. The summed E-state index contributed by atoms with van der Waals surface area (Å²) in [5, 5.41) is 3.04. The number of hydrogen-bond acceptors (Lipinski definition) is 7. The van der Waals surface area contributed by atoms with E-state index in [2.05, 4.69) is 130 Å². The van der Waals surface area contributed by atoms with Crippen LogP contribution in [0.15, 0.2) is 24.3 Å². The summed E-state index contributed by atoms with van der Waals surface area (Å²) in [5.41, 5.74) is 7.31. The van der Waals surface area contributed by atoms with Gasteiger partial charge >= 0.3 is 5.97 Å². The highest BCUT2D eigenvalue weighted by molar-refractivity contribution is 14.1. The van der Waals surface area contributed by atoms with E-state index in [9.17, 15) is 9.59 Å². The molecule has 0 heterocycles. The molecule has 0 aliphatic heterocycles. The number of nitrogens with one attached hydrogen (secondary N) is 1. The predicted molar refractivity (Wildman–Crippen MR) is 219 cm³/mol. The average Bonchev–Trinajstić information content (AvgIpc) is 2.92. The van der Waals surface area contributed by atoms with Gasteiger partial charge in [0.25, 0.3) is 25.0 Å². The molecule has 0 unspecified atom stereocenters. The van der Waals surface area contributed by atoms with Crippen LogP contribution >= 0.6 is 45.8 Å². The second-order valence-corrected chi connectivity index (χ2v) is 33.3. The summed E-state index contributed by atoms with van der Waals surface area (Å²) in [7, 11) is -5.65. The van der Waals surface area contributed by atoms with Crippen molar-refractivity contribution in [1.82, 2.24) is 5.32 Å². The van der Waals surface area contributed by atoms with Crippen molar-refractivity contribution in [1.29, 1.82) is 0 Å².